The van der Waals surface area contributed by atoms with E-state index < -0.39 is 0 Å². The van der Waals surface area contributed by atoms with Crippen molar-refractivity contribution >= 4 is 17.3 Å². The van der Waals surface area contributed by atoms with Gasteiger partial charge < -0.3 is 5.32 Å². The first-order chi connectivity index (χ1) is 14.4. The summed E-state index contributed by atoms with van der Waals surface area (Å²) < 4.78 is 0. The number of hydrogen-bond acceptors (Lipinski definition) is 1. The lowest BCUT2D eigenvalue weighted by atomic mass is 9.87. The summed E-state index contributed by atoms with van der Waals surface area (Å²) in [7, 11) is 0. The van der Waals surface area contributed by atoms with Crippen LogP contribution < -0.4 is 5.32 Å². The summed E-state index contributed by atoms with van der Waals surface area (Å²) in [6.45, 7) is 10.8. The van der Waals surface area contributed by atoms with E-state index in [2.05, 4.69) is 87.3 Å². The van der Waals surface area contributed by atoms with Gasteiger partial charge in [0, 0.05) is 27.4 Å². The molecule has 0 aliphatic rings. The van der Waals surface area contributed by atoms with E-state index in [1.165, 1.54) is 16.7 Å². The fourth-order valence-electron chi connectivity index (χ4n) is 3.35. The van der Waals surface area contributed by atoms with Crippen LogP contribution in [-0.4, -0.2) is 0 Å². The van der Waals surface area contributed by atoms with E-state index in [4.69, 9.17) is 11.6 Å². The molecule has 156 valence electrons. The van der Waals surface area contributed by atoms with Crippen molar-refractivity contribution in [1.29, 1.82) is 0 Å². The smallest absolute Gasteiger partial charge is 0.0484 e. The van der Waals surface area contributed by atoms with E-state index >= 15 is 0 Å². The second-order valence-electron chi connectivity index (χ2n) is 8.57. The molecule has 0 aliphatic carbocycles. The number of hydrogen-bond donors (Lipinski definition) is 1. The SMILES string of the molecule is C=C(Nc1ccc(CCCc2ccc(-c3ccccc3Cl)cc2)cc1)C(C)(C)CC. The van der Waals surface area contributed by atoms with Crippen molar-refractivity contribution in [3.63, 3.8) is 0 Å². The molecule has 0 heterocycles. The van der Waals surface area contributed by atoms with Gasteiger partial charge in [0.05, 0.1) is 0 Å². The first-order valence-electron chi connectivity index (χ1n) is 10.8. The lowest BCUT2D eigenvalue weighted by Crippen LogP contribution is -2.18. The van der Waals surface area contributed by atoms with Crippen LogP contribution in [0, 0.1) is 5.41 Å². The van der Waals surface area contributed by atoms with Crippen LogP contribution in [0.3, 0.4) is 0 Å². The second-order valence-corrected chi connectivity index (χ2v) is 8.98. The van der Waals surface area contributed by atoms with Gasteiger partial charge in [0.1, 0.15) is 0 Å². The molecule has 0 spiro atoms. The molecule has 0 fully saturated rings. The summed E-state index contributed by atoms with van der Waals surface area (Å²) in [5.74, 6) is 0. The van der Waals surface area contributed by atoms with Gasteiger partial charge in [-0.25, -0.2) is 0 Å². The molecule has 0 amide bonds. The quantitative estimate of drug-likeness (QED) is 0.367. The van der Waals surface area contributed by atoms with Crippen molar-refractivity contribution in [2.24, 2.45) is 5.41 Å². The number of rotatable bonds is 9. The summed E-state index contributed by atoms with van der Waals surface area (Å²) in [4.78, 5) is 0. The fourth-order valence-corrected chi connectivity index (χ4v) is 3.60. The maximum absolute atomic E-state index is 6.31. The molecule has 0 saturated carbocycles. The van der Waals surface area contributed by atoms with Crippen LogP contribution in [0.2, 0.25) is 5.02 Å². The van der Waals surface area contributed by atoms with Crippen molar-refractivity contribution < 1.29 is 0 Å². The van der Waals surface area contributed by atoms with Gasteiger partial charge in [-0.2, -0.15) is 0 Å². The highest BCUT2D eigenvalue weighted by Crippen LogP contribution is 2.30. The molecule has 3 aromatic carbocycles. The monoisotopic (exact) mass is 417 g/mol. The minimum Gasteiger partial charge on any atom is -0.359 e. The Hall–Kier alpha value is -2.51. The fraction of sp³-hybridized carbons (Fsp3) is 0.286. The Balaban J connectivity index is 1.51. The topological polar surface area (TPSA) is 12.0 Å². The second kappa shape index (κ2) is 10.00. The Morgan fingerprint density at radius 1 is 0.867 bits per heavy atom. The molecule has 3 rings (SSSR count). The zero-order chi connectivity index (χ0) is 21.6. The molecule has 0 atom stereocenters. The van der Waals surface area contributed by atoms with Gasteiger partial charge in [-0.3, -0.25) is 0 Å². The van der Waals surface area contributed by atoms with Crippen LogP contribution >= 0.6 is 11.6 Å². The molecular formula is C28H32ClN. The normalized spacial score (nSPS) is 11.3. The Morgan fingerprint density at radius 3 is 2.00 bits per heavy atom. The van der Waals surface area contributed by atoms with Crippen molar-refractivity contribution in [3.8, 4) is 11.1 Å². The van der Waals surface area contributed by atoms with Crippen LogP contribution in [0.4, 0.5) is 5.69 Å². The maximum Gasteiger partial charge on any atom is 0.0484 e. The highest BCUT2D eigenvalue weighted by Gasteiger charge is 2.19. The van der Waals surface area contributed by atoms with Crippen LogP contribution in [0.1, 0.15) is 44.7 Å². The Morgan fingerprint density at radius 2 is 1.43 bits per heavy atom. The first-order valence-corrected chi connectivity index (χ1v) is 11.2. The van der Waals surface area contributed by atoms with Gasteiger partial charge in [0.25, 0.3) is 0 Å². The third-order valence-electron chi connectivity index (χ3n) is 6.02. The van der Waals surface area contributed by atoms with Gasteiger partial charge >= 0.3 is 0 Å². The number of nitrogens with one attached hydrogen (secondary N) is 1. The predicted molar refractivity (Wildman–Crippen MR) is 132 cm³/mol. The molecule has 0 radical (unpaired) electrons. The standard InChI is InChI=1S/C28H32ClN/c1-5-28(3,4)21(2)30-25-19-15-23(16-20-25)10-8-9-22-13-17-24(18-14-22)26-11-6-7-12-27(26)29/h6-7,11-20,30H,2,5,8-10H2,1,3-4H3. The van der Waals surface area contributed by atoms with Crippen molar-refractivity contribution in [3.05, 3.63) is 101 Å². The largest absolute Gasteiger partial charge is 0.359 e. The average molecular weight is 418 g/mol. The third kappa shape index (κ3) is 5.77. The molecule has 0 bridgehead atoms. The van der Waals surface area contributed by atoms with Gasteiger partial charge in [-0.1, -0.05) is 93.5 Å². The highest BCUT2D eigenvalue weighted by molar-refractivity contribution is 6.33. The molecule has 0 saturated heterocycles. The van der Waals surface area contributed by atoms with Gasteiger partial charge in [0.2, 0.25) is 0 Å². The molecule has 1 nitrogen and oxygen atoms in total. The summed E-state index contributed by atoms with van der Waals surface area (Å²) >= 11 is 6.31. The molecule has 2 heteroatoms. The van der Waals surface area contributed by atoms with Gasteiger partial charge in [-0.05, 0) is 60.6 Å². The molecule has 1 N–H and O–H groups in total. The molecular weight excluding hydrogens is 386 g/mol. The molecule has 0 aliphatic heterocycles. The van der Waals surface area contributed by atoms with Crippen LogP contribution in [0.15, 0.2) is 85.1 Å². The third-order valence-corrected chi connectivity index (χ3v) is 6.35. The predicted octanol–water partition coefficient (Wildman–Crippen LogP) is 8.54. The summed E-state index contributed by atoms with van der Waals surface area (Å²) in [5.41, 5.74) is 7.26. The van der Waals surface area contributed by atoms with Gasteiger partial charge in [-0.15, -0.1) is 0 Å². The van der Waals surface area contributed by atoms with Crippen molar-refractivity contribution in [2.75, 3.05) is 5.32 Å². The minimum absolute atomic E-state index is 0.0973. The van der Waals surface area contributed by atoms with E-state index in [0.29, 0.717) is 0 Å². The highest BCUT2D eigenvalue weighted by atomic mass is 35.5. The van der Waals surface area contributed by atoms with Crippen LogP contribution in [-0.2, 0) is 12.8 Å². The van der Waals surface area contributed by atoms with Crippen LogP contribution in [0.25, 0.3) is 11.1 Å². The molecule has 0 unspecified atom stereocenters. The number of halogens is 1. The zero-order valence-corrected chi connectivity index (χ0v) is 19.1. The van der Waals surface area contributed by atoms with Gasteiger partial charge in [0.15, 0.2) is 0 Å². The van der Waals surface area contributed by atoms with Crippen LogP contribution in [0.5, 0.6) is 0 Å². The molecule has 0 aromatic heterocycles. The van der Waals surface area contributed by atoms with E-state index in [9.17, 15) is 0 Å². The van der Waals surface area contributed by atoms with E-state index in [1.54, 1.807) is 0 Å². The summed E-state index contributed by atoms with van der Waals surface area (Å²) in [6.07, 6.45) is 4.35. The minimum atomic E-state index is 0.0973. The summed E-state index contributed by atoms with van der Waals surface area (Å²) in [5, 5.41) is 4.26. The Bertz CT molecular complexity index is 968. The number of aryl methyl sites for hydroxylation is 2. The molecule has 3 aromatic rings. The van der Waals surface area contributed by atoms with Crippen molar-refractivity contribution in [2.45, 2.75) is 46.5 Å². The van der Waals surface area contributed by atoms with Crippen molar-refractivity contribution in [1.82, 2.24) is 0 Å². The number of benzene rings is 3. The lowest BCUT2D eigenvalue weighted by molar-refractivity contribution is 0.434. The zero-order valence-electron chi connectivity index (χ0n) is 18.3. The molecule has 30 heavy (non-hydrogen) atoms. The summed E-state index contributed by atoms with van der Waals surface area (Å²) in [6, 6.07) is 25.5. The number of allylic oxidation sites excluding steroid dienone is 1. The van der Waals surface area contributed by atoms with E-state index in [-0.39, 0.29) is 5.41 Å². The number of anilines is 1. The Labute approximate surface area is 186 Å². The Kier molecular flexibility index (Phi) is 7.39. The maximum atomic E-state index is 6.31. The lowest BCUT2D eigenvalue weighted by Gasteiger charge is -2.26. The first kappa shape index (κ1) is 22.2. The average Bonchev–Trinajstić information content (AvgIpc) is 2.76. The van der Waals surface area contributed by atoms with E-state index in [0.717, 1.165) is 47.7 Å². The van der Waals surface area contributed by atoms with E-state index in [1.807, 2.05) is 18.2 Å².